The van der Waals surface area contributed by atoms with Gasteiger partial charge in [0.1, 0.15) is 12.4 Å². The second-order valence-electron chi connectivity index (χ2n) is 5.19. The molecule has 4 N–H and O–H groups in total. The van der Waals surface area contributed by atoms with E-state index in [0.717, 1.165) is 16.7 Å². The zero-order valence-electron chi connectivity index (χ0n) is 13.5. The molecule has 0 radical (unpaired) electrons. The van der Waals surface area contributed by atoms with Gasteiger partial charge >= 0.3 is 0 Å². The third-order valence-electron chi connectivity index (χ3n) is 3.51. The number of aryl methyl sites for hydroxylation is 1. The Morgan fingerprint density at radius 3 is 2.57 bits per heavy atom. The van der Waals surface area contributed by atoms with E-state index in [4.69, 9.17) is 20.9 Å². The fourth-order valence-electron chi connectivity index (χ4n) is 2.34. The predicted octanol–water partition coefficient (Wildman–Crippen LogP) is 2.76. The Kier molecular flexibility index (Phi) is 5.60. The molecule has 0 fully saturated rings. The van der Waals surface area contributed by atoms with E-state index in [2.05, 4.69) is 0 Å². The van der Waals surface area contributed by atoms with Gasteiger partial charge in [-0.3, -0.25) is 4.79 Å². The van der Waals surface area contributed by atoms with Crippen LogP contribution in [0.25, 0.3) is 11.1 Å². The zero-order chi connectivity index (χ0) is 16.8. The molecule has 0 heterocycles. The summed E-state index contributed by atoms with van der Waals surface area (Å²) in [5, 5.41) is 0. The molecule has 0 atom stereocenters. The quantitative estimate of drug-likeness (QED) is 0.607. The summed E-state index contributed by atoms with van der Waals surface area (Å²) in [5.41, 5.74) is 15.0. The minimum absolute atomic E-state index is 0.441. The average Bonchev–Trinajstić information content (AvgIpc) is 2.53. The molecule has 0 aliphatic heterocycles. The fourth-order valence-corrected chi connectivity index (χ4v) is 2.34. The third-order valence-corrected chi connectivity index (χ3v) is 3.51. The summed E-state index contributed by atoms with van der Waals surface area (Å²) >= 11 is 0. The first-order valence-corrected chi connectivity index (χ1v) is 7.53. The van der Waals surface area contributed by atoms with E-state index < -0.39 is 5.91 Å². The number of hydrogen-bond donors (Lipinski definition) is 2. The standard InChI is InChI=1S/C18H22N2O3/c1-3-22-8-9-23-14-6-7-15(18(20)21)17(11-14)16-10-13(19)5-4-12(16)2/h4-7,10-11H,3,8-9,19H2,1-2H3,(H2,20,21). The topological polar surface area (TPSA) is 87.6 Å². The molecule has 0 unspecified atom stereocenters. The van der Waals surface area contributed by atoms with Crippen LogP contribution in [-0.4, -0.2) is 25.7 Å². The summed E-state index contributed by atoms with van der Waals surface area (Å²) < 4.78 is 10.9. The van der Waals surface area contributed by atoms with Crippen molar-refractivity contribution in [3.63, 3.8) is 0 Å². The van der Waals surface area contributed by atoms with Crippen LogP contribution in [0.1, 0.15) is 22.8 Å². The Bertz CT molecular complexity index is 699. The second kappa shape index (κ2) is 7.65. The van der Waals surface area contributed by atoms with Crippen LogP contribution < -0.4 is 16.2 Å². The van der Waals surface area contributed by atoms with Gasteiger partial charge in [-0.25, -0.2) is 0 Å². The van der Waals surface area contributed by atoms with Crippen LogP contribution in [0.5, 0.6) is 5.75 Å². The van der Waals surface area contributed by atoms with E-state index in [9.17, 15) is 4.79 Å². The Hall–Kier alpha value is -2.53. The monoisotopic (exact) mass is 314 g/mol. The van der Waals surface area contributed by atoms with Crippen LogP contribution in [0.15, 0.2) is 36.4 Å². The van der Waals surface area contributed by atoms with Crippen molar-refractivity contribution in [3.05, 3.63) is 47.5 Å². The summed E-state index contributed by atoms with van der Waals surface area (Å²) in [7, 11) is 0. The van der Waals surface area contributed by atoms with Crippen LogP contribution in [0.2, 0.25) is 0 Å². The highest BCUT2D eigenvalue weighted by molar-refractivity contribution is 6.00. The minimum atomic E-state index is -0.484. The number of amides is 1. The lowest BCUT2D eigenvalue weighted by atomic mass is 9.95. The van der Waals surface area contributed by atoms with Crippen molar-refractivity contribution < 1.29 is 14.3 Å². The number of carbonyl (C=O) groups excluding carboxylic acids is 1. The number of benzene rings is 2. The molecule has 23 heavy (non-hydrogen) atoms. The van der Waals surface area contributed by atoms with Gasteiger partial charge in [0.05, 0.1) is 6.61 Å². The number of carbonyl (C=O) groups is 1. The Morgan fingerprint density at radius 1 is 1.09 bits per heavy atom. The fraction of sp³-hybridized carbons (Fsp3) is 0.278. The van der Waals surface area contributed by atoms with Crippen molar-refractivity contribution in [2.24, 2.45) is 5.73 Å². The zero-order valence-corrected chi connectivity index (χ0v) is 13.5. The molecule has 1 amide bonds. The van der Waals surface area contributed by atoms with Gasteiger partial charge < -0.3 is 20.9 Å². The van der Waals surface area contributed by atoms with Crippen molar-refractivity contribution in [1.82, 2.24) is 0 Å². The van der Waals surface area contributed by atoms with E-state index in [1.165, 1.54) is 0 Å². The summed E-state index contributed by atoms with van der Waals surface area (Å²) in [6, 6.07) is 10.8. The third kappa shape index (κ3) is 4.23. The molecule has 5 heteroatoms. The molecule has 0 aromatic heterocycles. The van der Waals surface area contributed by atoms with Crippen molar-refractivity contribution in [3.8, 4) is 16.9 Å². The van der Waals surface area contributed by atoms with Crippen LogP contribution >= 0.6 is 0 Å². The van der Waals surface area contributed by atoms with Crippen LogP contribution in [0, 0.1) is 6.92 Å². The highest BCUT2D eigenvalue weighted by Gasteiger charge is 2.14. The van der Waals surface area contributed by atoms with Crippen LogP contribution in [0.3, 0.4) is 0 Å². The number of primary amides is 1. The van der Waals surface area contributed by atoms with Crippen LogP contribution in [-0.2, 0) is 4.74 Å². The molecule has 122 valence electrons. The lowest BCUT2D eigenvalue weighted by Gasteiger charge is -2.14. The van der Waals surface area contributed by atoms with Gasteiger partial charge in [0.25, 0.3) is 0 Å². The Morgan fingerprint density at radius 2 is 1.87 bits per heavy atom. The number of rotatable bonds is 7. The molecule has 0 aliphatic carbocycles. The van der Waals surface area contributed by atoms with Gasteiger partial charge in [-0.1, -0.05) is 6.07 Å². The number of nitrogen functional groups attached to an aromatic ring is 1. The second-order valence-corrected chi connectivity index (χ2v) is 5.19. The maximum Gasteiger partial charge on any atom is 0.249 e. The predicted molar refractivity (Wildman–Crippen MR) is 91.5 cm³/mol. The van der Waals surface area contributed by atoms with Crippen molar-refractivity contribution >= 4 is 11.6 Å². The Labute approximate surface area is 136 Å². The summed E-state index contributed by atoms with van der Waals surface area (Å²) in [6.45, 7) is 5.50. The first-order valence-electron chi connectivity index (χ1n) is 7.53. The van der Waals surface area contributed by atoms with Gasteiger partial charge in [0.2, 0.25) is 5.91 Å². The maximum absolute atomic E-state index is 11.7. The van der Waals surface area contributed by atoms with Gasteiger partial charge in [0.15, 0.2) is 0 Å². The van der Waals surface area contributed by atoms with Crippen molar-refractivity contribution in [2.45, 2.75) is 13.8 Å². The smallest absolute Gasteiger partial charge is 0.249 e. The Balaban J connectivity index is 2.38. The number of nitrogens with two attached hydrogens (primary N) is 2. The highest BCUT2D eigenvalue weighted by Crippen LogP contribution is 2.31. The first kappa shape index (κ1) is 16.8. The summed E-state index contributed by atoms with van der Waals surface area (Å²) in [6.07, 6.45) is 0. The minimum Gasteiger partial charge on any atom is -0.491 e. The number of ether oxygens (including phenoxy) is 2. The van der Waals surface area contributed by atoms with E-state index >= 15 is 0 Å². The maximum atomic E-state index is 11.7. The summed E-state index contributed by atoms with van der Waals surface area (Å²) in [4.78, 5) is 11.7. The van der Waals surface area contributed by atoms with E-state index in [1.54, 1.807) is 12.1 Å². The molecule has 0 saturated heterocycles. The lowest BCUT2D eigenvalue weighted by molar-refractivity contribution is 0.100. The summed E-state index contributed by atoms with van der Waals surface area (Å²) in [5.74, 6) is 0.175. The number of anilines is 1. The van der Waals surface area contributed by atoms with E-state index in [-0.39, 0.29) is 0 Å². The normalized spacial score (nSPS) is 10.5. The average molecular weight is 314 g/mol. The van der Waals surface area contributed by atoms with Gasteiger partial charge in [-0.05, 0) is 60.9 Å². The van der Waals surface area contributed by atoms with E-state index in [1.807, 2.05) is 38.1 Å². The molecule has 2 aromatic rings. The molecule has 2 aromatic carbocycles. The van der Waals surface area contributed by atoms with Gasteiger partial charge in [-0.2, -0.15) is 0 Å². The molecular weight excluding hydrogens is 292 g/mol. The molecule has 0 saturated carbocycles. The molecule has 0 spiro atoms. The lowest BCUT2D eigenvalue weighted by Crippen LogP contribution is -2.13. The van der Waals surface area contributed by atoms with E-state index in [0.29, 0.717) is 36.8 Å². The molecule has 2 rings (SSSR count). The van der Waals surface area contributed by atoms with Crippen molar-refractivity contribution in [1.29, 1.82) is 0 Å². The largest absolute Gasteiger partial charge is 0.491 e. The number of hydrogen-bond acceptors (Lipinski definition) is 4. The first-order chi connectivity index (χ1) is 11.0. The highest BCUT2D eigenvalue weighted by atomic mass is 16.5. The van der Waals surface area contributed by atoms with Gasteiger partial charge in [-0.15, -0.1) is 0 Å². The molecule has 0 bridgehead atoms. The van der Waals surface area contributed by atoms with Crippen molar-refractivity contribution in [2.75, 3.05) is 25.6 Å². The molecular formula is C18H22N2O3. The van der Waals surface area contributed by atoms with Gasteiger partial charge in [0, 0.05) is 17.9 Å². The SMILES string of the molecule is CCOCCOc1ccc(C(N)=O)c(-c2cc(N)ccc2C)c1. The van der Waals surface area contributed by atoms with Crippen LogP contribution in [0.4, 0.5) is 5.69 Å². The molecule has 0 aliphatic rings. The molecule has 5 nitrogen and oxygen atoms in total.